The SMILES string of the molecule is CC[C@](C)(O)CC[C@H]1C(C)=CC[C@@H]2[C@@H]1CC[C@]1(C)[C@@H]([C@H](C)CCS(=O)(=O)c3ccccc3)CC[C@@H]21. The molecule has 0 amide bonds. The molecule has 0 saturated heterocycles. The van der Waals surface area contributed by atoms with Crippen molar-refractivity contribution in [2.75, 3.05) is 5.75 Å². The Kier molecular flexibility index (Phi) is 7.94. The summed E-state index contributed by atoms with van der Waals surface area (Å²) in [5.41, 5.74) is 1.33. The molecular formula is C31H48O3S. The minimum absolute atomic E-state index is 0.253. The molecule has 0 spiro atoms. The zero-order valence-corrected chi connectivity index (χ0v) is 23.5. The Morgan fingerprint density at radius 2 is 1.86 bits per heavy atom. The first-order chi connectivity index (χ1) is 16.5. The van der Waals surface area contributed by atoms with Crippen molar-refractivity contribution < 1.29 is 13.5 Å². The van der Waals surface area contributed by atoms with E-state index in [9.17, 15) is 13.5 Å². The minimum atomic E-state index is -3.22. The Morgan fingerprint density at radius 1 is 1.14 bits per heavy atom. The number of hydrogen-bond acceptors (Lipinski definition) is 3. The van der Waals surface area contributed by atoms with E-state index in [0.717, 1.165) is 43.4 Å². The number of rotatable bonds is 9. The van der Waals surface area contributed by atoms with Crippen molar-refractivity contribution in [3.8, 4) is 0 Å². The highest BCUT2D eigenvalue weighted by atomic mass is 32.2. The van der Waals surface area contributed by atoms with Crippen molar-refractivity contribution in [3.05, 3.63) is 42.0 Å². The number of allylic oxidation sites excluding steroid dienone is 2. The van der Waals surface area contributed by atoms with Crippen LogP contribution in [0, 0.1) is 40.9 Å². The monoisotopic (exact) mass is 500 g/mol. The Morgan fingerprint density at radius 3 is 2.54 bits per heavy atom. The fraction of sp³-hybridized carbons (Fsp3) is 0.742. The first-order valence-electron chi connectivity index (χ1n) is 14.2. The minimum Gasteiger partial charge on any atom is -0.390 e. The third-order valence-corrected chi connectivity index (χ3v) is 12.5. The van der Waals surface area contributed by atoms with Gasteiger partial charge in [0.1, 0.15) is 0 Å². The Labute approximate surface area is 214 Å². The van der Waals surface area contributed by atoms with Crippen LogP contribution in [0.1, 0.15) is 92.4 Å². The van der Waals surface area contributed by atoms with E-state index in [1.165, 1.54) is 32.1 Å². The maximum atomic E-state index is 12.9. The molecule has 8 atom stereocenters. The predicted molar refractivity (Wildman–Crippen MR) is 145 cm³/mol. The van der Waals surface area contributed by atoms with Crippen LogP contribution in [0.2, 0.25) is 0 Å². The molecule has 35 heavy (non-hydrogen) atoms. The van der Waals surface area contributed by atoms with Crippen molar-refractivity contribution in [2.24, 2.45) is 40.9 Å². The summed E-state index contributed by atoms with van der Waals surface area (Å²) in [7, 11) is -3.22. The molecule has 3 aliphatic rings. The van der Waals surface area contributed by atoms with Gasteiger partial charge in [0, 0.05) is 0 Å². The van der Waals surface area contributed by atoms with E-state index < -0.39 is 15.4 Å². The van der Waals surface area contributed by atoms with Crippen LogP contribution in [0.3, 0.4) is 0 Å². The second-order valence-electron chi connectivity index (χ2n) is 12.7. The summed E-state index contributed by atoms with van der Waals surface area (Å²) in [5.74, 6) is 4.16. The van der Waals surface area contributed by atoms with Gasteiger partial charge in [0.05, 0.1) is 16.2 Å². The summed E-state index contributed by atoms with van der Waals surface area (Å²) in [5, 5.41) is 10.6. The lowest BCUT2D eigenvalue weighted by Gasteiger charge is -2.53. The van der Waals surface area contributed by atoms with Crippen molar-refractivity contribution in [1.82, 2.24) is 0 Å². The standard InChI is InChI=1S/C31H48O3S/c1-6-30(4,32)19-16-25-22(2)12-13-27-26(25)17-20-31(5)28(14-15-29(27)31)23(3)18-21-35(33,34)24-10-8-7-9-11-24/h7-12,23,25-29,32H,6,13-21H2,1-5H3/t23-,25+,26-,27-,28-,29+,30+,31-/m1/s1. The van der Waals surface area contributed by atoms with Crippen molar-refractivity contribution >= 4 is 9.84 Å². The lowest BCUT2D eigenvalue weighted by Crippen LogP contribution is -2.46. The van der Waals surface area contributed by atoms with Crippen LogP contribution in [-0.2, 0) is 9.84 Å². The average molecular weight is 501 g/mol. The van der Waals surface area contributed by atoms with Gasteiger partial charge < -0.3 is 5.11 Å². The summed E-state index contributed by atoms with van der Waals surface area (Å²) >= 11 is 0. The molecule has 2 saturated carbocycles. The maximum Gasteiger partial charge on any atom is 0.178 e. The van der Waals surface area contributed by atoms with Gasteiger partial charge in [-0.15, -0.1) is 0 Å². The highest BCUT2D eigenvalue weighted by molar-refractivity contribution is 7.91. The zero-order valence-electron chi connectivity index (χ0n) is 22.7. The third kappa shape index (κ3) is 5.44. The average Bonchev–Trinajstić information content (AvgIpc) is 3.20. The lowest BCUT2D eigenvalue weighted by atomic mass is 9.52. The van der Waals surface area contributed by atoms with Gasteiger partial charge in [0.25, 0.3) is 0 Å². The van der Waals surface area contributed by atoms with Crippen LogP contribution < -0.4 is 0 Å². The summed E-state index contributed by atoms with van der Waals surface area (Å²) in [6.07, 6.45) is 12.4. The number of hydrogen-bond donors (Lipinski definition) is 1. The van der Waals surface area contributed by atoms with Gasteiger partial charge in [0.15, 0.2) is 9.84 Å². The molecule has 0 unspecified atom stereocenters. The maximum absolute atomic E-state index is 12.9. The Balaban J connectivity index is 1.43. The number of aliphatic hydroxyl groups is 1. The normalized spacial score (nSPS) is 35.5. The zero-order chi connectivity index (χ0) is 25.4. The molecule has 4 rings (SSSR count). The van der Waals surface area contributed by atoms with E-state index in [2.05, 4.69) is 33.8 Å². The molecular weight excluding hydrogens is 452 g/mol. The van der Waals surface area contributed by atoms with Gasteiger partial charge in [-0.1, -0.05) is 50.6 Å². The van der Waals surface area contributed by atoms with Crippen LogP contribution in [0.15, 0.2) is 46.9 Å². The van der Waals surface area contributed by atoms with Gasteiger partial charge in [-0.05, 0) is 125 Å². The first-order valence-corrected chi connectivity index (χ1v) is 15.8. The Bertz CT molecular complexity index is 995. The molecule has 0 aromatic heterocycles. The van der Waals surface area contributed by atoms with Crippen LogP contribution in [0.25, 0.3) is 0 Å². The molecule has 3 nitrogen and oxygen atoms in total. The van der Waals surface area contributed by atoms with E-state index in [1.54, 1.807) is 17.7 Å². The quantitative estimate of drug-likeness (QED) is 0.358. The molecule has 1 aromatic rings. The summed E-state index contributed by atoms with van der Waals surface area (Å²) in [4.78, 5) is 0.459. The summed E-state index contributed by atoms with van der Waals surface area (Å²) < 4.78 is 25.8. The predicted octanol–water partition coefficient (Wildman–Crippen LogP) is 7.45. The molecule has 0 bridgehead atoms. The Hall–Kier alpha value is -1.13. The molecule has 1 aromatic carbocycles. The van der Waals surface area contributed by atoms with Gasteiger partial charge >= 0.3 is 0 Å². The van der Waals surface area contributed by atoms with E-state index in [1.807, 2.05) is 25.1 Å². The summed E-state index contributed by atoms with van der Waals surface area (Å²) in [6.45, 7) is 11.2. The van der Waals surface area contributed by atoms with Crippen molar-refractivity contribution in [2.45, 2.75) is 103 Å². The fourth-order valence-corrected chi connectivity index (χ4v) is 9.80. The third-order valence-electron chi connectivity index (χ3n) is 10.8. The van der Waals surface area contributed by atoms with Crippen LogP contribution in [-0.4, -0.2) is 24.9 Å². The van der Waals surface area contributed by atoms with E-state index in [0.29, 0.717) is 28.1 Å². The second kappa shape index (κ2) is 10.3. The van der Waals surface area contributed by atoms with E-state index in [-0.39, 0.29) is 5.75 Å². The van der Waals surface area contributed by atoms with Gasteiger partial charge in [-0.2, -0.15) is 0 Å². The first kappa shape index (κ1) is 26.9. The number of sulfone groups is 1. The van der Waals surface area contributed by atoms with Crippen molar-refractivity contribution in [3.63, 3.8) is 0 Å². The van der Waals surface area contributed by atoms with Gasteiger partial charge in [-0.25, -0.2) is 8.42 Å². The molecule has 196 valence electrons. The van der Waals surface area contributed by atoms with Gasteiger partial charge in [-0.3, -0.25) is 0 Å². The molecule has 4 heteroatoms. The largest absolute Gasteiger partial charge is 0.390 e. The molecule has 1 N–H and O–H groups in total. The molecule has 0 heterocycles. The number of benzene rings is 1. The van der Waals surface area contributed by atoms with Crippen molar-refractivity contribution in [1.29, 1.82) is 0 Å². The molecule has 0 aliphatic heterocycles. The molecule has 3 aliphatic carbocycles. The highest BCUT2D eigenvalue weighted by Crippen LogP contribution is 2.64. The topological polar surface area (TPSA) is 54.4 Å². The van der Waals surface area contributed by atoms with Crippen LogP contribution in [0.5, 0.6) is 0 Å². The van der Waals surface area contributed by atoms with Crippen LogP contribution in [0.4, 0.5) is 0 Å². The van der Waals surface area contributed by atoms with E-state index >= 15 is 0 Å². The van der Waals surface area contributed by atoms with Gasteiger partial charge in [0.2, 0.25) is 0 Å². The molecule has 2 fully saturated rings. The van der Waals surface area contributed by atoms with E-state index in [4.69, 9.17) is 0 Å². The second-order valence-corrected chi connectivity index (χ2v) is 14.8. The fourth-order valence-electron chi connectivity index (χ4n) is 8.31. The highest BCUT2D eigenvalue weighted by Gasteiger charge is 2.56. The molecule has 0 radical (unpaired) electrons. The smallest absolute Gasteiger partial charge is 0.178 e. The lowest BCUT2D eigenvalue weighted by molar-refractivity contribution is -0.0270. The summed E-state index contributed by atoms with van der Waals surface area (Å²) in [6, 6.07) is 8.95. The number of fused-ring (bicyclic) bond motifs is 3. The van der Waals surface area contributed by atoms with Crippen LogP contribution >= 0.6 is 0 Å².